The lowest BCUT2D eigenvalue weighted by Crippen LogP contribution is -2.50. The lowest BCUT2D eigenvalue weighted by molar-refractivity contribution is 0.208. The van der Waals surface area contributed by atoms with Crippen LogP contribution < -0.4 is 19.7 Å². The maximum Gasteiger partial charge on any atom is 0.322 e. The van der Waals surface area contributed by atoms with Crippen molar-refractivity contribution >= 4 is 17.5 Å². The van der Waals surface area contributed by atoms with Crippen molar-refractivity contribution in [2.75, 3.05) is 50.6 Å². The minimum absolute atomic E-state index is 0.168. The molecule has 31 heavy (non-hydrogen) atoms. The number of methoxy groups -OCH3 is 2. The number of piperazine rings is 1. The fourth-order valence-electron chi connectivity index (χ4n) is 3.39. The monoisotopic (exact) mass is 423 g/mol. The van der Waals surface area contributed by atoms with E-state index in [-0.39, 0.29) is 6.03 Å². The van der Waals surface area contributed by atoms with Gasteiger partial charge in [-0.2, -0.15) is 5.10 Å². The Morgan fingerprint density at radius 2 is 1.71 bits per heavy atom. The number of nitrogens with zero attached hydrogens (tertiary/aromatic N) is 6. The van der Waals surface area contributed by atoms with E-state index in [1.54, 1.807) is 42.0 Å². The molecule has 0 spiro atoms. The molecule has 0 bridgehead atoms. The van der Waals surface area contributed by atoms with Gasteiger partial charge in [0.05, 0.1) is 25.6 Å². The average molecular weight is 423 g/mol. The summed E-state index contributed by atoms with van der Waals surface area (Å²) in [4.78, 5) is 16.6. The van der Waals surface area contributed by atoms with Crippen LogP contribution in [-0.2, 0) is 0 Å². The van der Waals surface area contributed by atoms with Crippen molar-refractivity contribution in [2.45, 2.75) is 6.92 Å². The topological polar surface area (TPSA) is 97.6 Å². The summed E-state index contributed by atoms with van der Waals surface area (Å²) >= 11 is 0. The minimum atomic E-state index is -0.168. The zero-order valence-corrected chi connectivity index (χ0v) is 17.8. The van der Waals surface area contributed by atoms with Crippen LogP contribution in [0.3, 0.4) is 0 Å². The molecule has 0 aliphatic carbocycles. The van der Waals surface area contributed by atoms with E-state index in [1.165, 1.54) is 0 Å². The first-order valence-electron chi connectivity index (χ1n) is 9.96. The number of nitrogens with one attached hydrogen (secondary N) is 1. The van der Waals surface area contributed by atoms with Gasteiger partial charge in [0.25, 0.3) is 0 Å². The number of ether oxygens (including phenoxy) is 2. The average Bonchev–Trinajstić information content (AvgIpc) is 3.25. The molecule has 2 aromatic heterocycles. The summed E-state index contributed by atoms with van der Waals surface area (Å²) in [7, 11) is 3.14. The van der Waals surface area contributed by atoms with E-state index in [2.05, 4.69) is 25.5 Å². The van der Waals surface area contributed by atoms with Gasteiger partial charge in [0, 0.05) is 38.4 Å². The van der Waals surface area contributed by atoms with Crippen LogP contribution >= 0.6 is 0 Å². The Morgan fingerprint density at radius 1 is 0.968 bits per heavy atom. The lowest BCUT2D eigenvalue weighted by Gasteiger charge is -2.35. The van der Waals surface area contributed by atoms with E-state index in [9.17, 15) is 4.79 Å². The quantitative estimate of drug-likeness (QED) is 0.673. The molecule has 0 unspecified atom stereocenters. The third kappa shape index (κ3) is 4.52. The number of rotatable bonds is 5. The maximum atomic E-state index is 12.7. The highest BCUT2D eigenvalue weighted by atomic mass is 16.5. The van der Waals surface area contributed by atoms with E-state index >= 15 is 0 Å². The molecular formula is C21H25N7O3. The molecule has 3 heterocycles. The Balaban J connectivity index is 1.34. The van der Waals surface area contributed by atoms with E-state index in [4.69, 9.17) is 9.47 Å². The fourth-order valence-corrected chi connectivity index (χ4v) is 3.39. The summed E-state index contributed by atoms with van der Waals surface area (Å²) in [6.45, 7) is 4.42. The van der Waals surface area contributed by atoms with Gasteiger partial charge in [-0.15, -0.1) is 10.2 Å². The molecule has 162 valence electrons. The van der Waals surface area contributed by atoms with E-state index in [1.807, 2.05) is 31.3 Å². The number of aromatic nitrogens is 4. The van der Waals surface area contributed by atoms with Crippen LogP contribution in [-0.4, -0.2) is 71.3 Å². The van der Waals surface area contributed by atoms with Gasteiger partial charge >= 0.3 is 6.03 Å². The number of amides is 2. The number of carbonyl (C=O) groups excluding carboxylic acids is 1. The minimum Gasteiger partial charge on any atom is -0.497 e. The number of hydrogen-bond donors (Lipinski definition) is 1. The standard InChI is InChI=1S/C21H25N7O3/c1-15-8-9-28(25-15)20-7-6-19(23-24-20)26-10-12-27(13-11-26)21(29)22-17-5-4-16(30-2)14-18(17)31-3/h4-9,14H,10-13H2,1-3H3,(H,22,29). The third-order valence-corrected chi connectivity index (χ3v) is 5.13. The SMILES string of the molecule is COc1ccc(NC(=O)N2CCN(c3ccc(-n4ccc(C)n4)nn3)CC2)c(OC)c1. The summed E-state index contributed by atoms with van der Waals surface area (Å²) in [5.74, 6) is 2.67. The van der Waals surface area contributed by atoms with Crippen molar-refractivity contribution in [1.29, 1.82) is 0 Å². The second kappa shape index (κ2) is 8.90. The summed E-state index contributed by atoms with van der Waals surface area (Å²) < 4.78 is 12.2. The summed E-state index contributed by atoms with van der Waals surface area (Å²) in [6, 6.07) is 10.9. The zero-order valence-electron chi connectivity index (χ0n) is 17.8. The van der Waals surface area contributed by atoms with Crippen LogP contribution in [0.2, 0.25) is 0 Å². The van der Waals surface area contributed by atoms with Gasteiger partial charge in [0.2, 0.25) is 0 Å². The second-order valence-electron chi connectivity index (χ2n) is 7.12. The molecule has 10 heteroatoms. The molecule has 0 atom stereocenters. The summed E-state index contributed by atoms with van der Waals surface area (Å²) in [6.07, 6.45) is 1.86. The molecule has 1 aliphatic heterocycles. The first-order chi connectivity index (χ1) is 15.1. The first-order valence-corrected chi connectivity index (χ1v) is 9.96. The number of aryl methyl sites for hydroxylation is 1. The Bertz CT molecular complexity index is 1040. The number of hydrogen-bond acceptors (Lipinski definition) is 7. The molecule has 0 radical (unpaired) electrons. The van der Waals surface area contributed by atoms with Gasteiger partial charge in [0.1, 0.15) is 11.5 Å². The molecule has 0 saturated carbocycles. The first kappa shape index (κ1) is 20.5. The molecule has 1 fully saturated rings. The molecule has 10 nitrogen and oxygen atoms in total. The Hall–Kier alpha value is -3.82. The molecule has 1 saturated heterocycles. The Morgan fingerprint density at radius 3 is 2.32 bits per heavy atom. The highest BCUT2D eigenvalue weighted by Crippen LogP contribution is 2.29. The normalized spacial score (nSPS) is 13.8. The van der Waals surface area contributed by atoms with E-state index in [0.717, 1.165) is 11.5 Å². The number of anilines is 2. The second-order valence-corrected chi connectivity index (χ2v) is 7.12. The van der Waals surface area contributed by atoms with Crippen LogP contribution in [0.5, 0.6) is 11.5 Å². The molecular weight excluding hydrogens is 398 g/mol. The van der Waals surface area contributed by atoms with Gasteiger partial charge in [-0.3, -0.25) is 0 Å². The van der Waals surface area contributed by atoms with Crippen LogP contribution in [0.1, 0.15) is 5.69 Å². The maximum absolute atomic E-state index is 12.7. The lowest BCUT2D eigenvalue weighted by atomic mass is 10.2. The van der Waals surface area contributed by atoms with Crippen LogP contribution in [0, 0.1) is 6.92 Å². The van der Waals surface area contributed by atoms with Crippen molar-refractivity contribution in [3.05, 3.63) is 48.3 Å². The van der Waals surface area contributed by atoms with Crippen LogP contribution in [0.25, 0.3) is 5.82 Å². The number of carbonyl (C=O) groups is 1. The van der Waals surface area contributed by atoms with E-state index in [0.29, 0.717) is 49.2 Å². The van der Waals surface area contributed by atoms with Crippen molar-refractivity contribution < 1.29 is 14.3 Å². The molecule has 1 aromatic carbocycles. The Kier molecular flexibility index (Phi) is 5.87. The van der Waals surface area contributed by atoms with Gasteiger partial charge in [-0.1, -0.05) is 0 Å². The van der Waals surface area contributed by atoms with Gasteiger partial charge in [-0.05, 0) is 37.3 Å². The van der Waals surface area contributed by atoms with Gasteiger partial charge in [0.15, 0.2) is 11.6 Å². The molecule has 4 rings (SSSR count). The molecule has 3 aromatic rings. The molecule has 1 aliphatic rings. The van der Waals surface area contributed by atoms with Gasteiger partial charge < -0.3 is 24.6 Å². The fraction of sp³-hybridized carbons (Fsp3) is 0.333. The molecule has 2 amide bonds. The molecule has 1 N–H and O–H groups in total. The number of benzene rings is 1. The van der Waals surface area contributed by atoms with Crippen LogP contribution in [0.15, 0.2) is 42.6 Å². The Labute approximate surface area is 180 Å². The van der Waals surface area contributed by atoms with Gasteiger partial charge in [-0.25, -0.2) is 9.48 Å². The van der Waals surface area contributed by atoms with Crippen LogP contribution in [0.4, 0.5) is 16.3 Å². The van der Waals surface area contributed by atoms with Crippen molar-refractivity contribution in [1.82, 2.24) is 24.9 Å². The highest BCUT2D eigenvalue weighted by molar-refractivity contribution is 5.91. The van der Waals surface area contributed by atoms with E-state index < -0.39 is 0 Å². The zero-order chi connectivity index (χ0) is 21.8. The van der Waals surface area contributed by atoms with Crippen molar-refractivity contribution in [2.24, 2.45) is 0 Å². The summed E-state index contributed by atoms with van der Waals surface area (Å²) in [5, 5.41) is 15.9. The highest BCUT2D eigenvalue weighted by Gasteiger charge is 2.23. The predicted octanol–water partition coefficient (Wildman–Crippen LogP) is 2.34. The smallest absolute Gasteiger partial charge is 0.322 e. The number of urea groups is 1. The van der Waals surface area contributed by atoms with Crippen molar-refractivity contribution in [3.8, 4) is 17.3 Å². The van der Waals surface area contributed by atoms with Crippen molar-refractivity contribution in [3.63, 3.8) is 0 Å². The summed E-state index contributed by atoms with van der Waals surface area (Å²) in [5.41, 5.74) is 1.53. The third-order valence-electron chi connectivity index (χ3n) is 5.13. The predicted molar refractivity (Wildman–Crippen MR) is 116 cm³/mol. The largest absolute Gasteiger partial charge is 0.497 e.